The van der Waals surface area contributed by atoms with Crippen molar-refractivity contribution in [1.82, 2.24) is 4.57 Å². The largest absolute Gasteiger partial charge is 0.478 e. The summed E-state index contributed by atoms with van der Waals surface area (Å²) in [5.74, 6) is -0.841. The fraction of sp³-hybridized carbons (Fsp3) is 0.143. The van der Waals surface area contributed by atoms with Gasteiger partial charge in [0.25, 0.3) is 5.56 Å². The number of thiazole rings is 1. The van der Waals surface area contributed by atoms with E-state index in [0.717, 1.165) is 5.56 Å². The molecule has 3 heterocycles. The van der Waals surface area contributed by atoms with Gasteiger partial charge in [0.05, 0.1) is 39.0 Å². The summed E-state index contributed by atoms with van der Waals surface area (Å²) in [6.07, 6.45) is 1.60. The minimum atomic E-state index is -1.14. The number of allylic oxidation sites excluding steroid dienone is 1. The van der Waals surface area contributed by atoms with Crippen LogP contribution in [0.4, 0.5) is 0 Å². The number of hydrogen-bond acceptors (Lipinski definition) is 7. The van der Waals surface area contributed by atoms with Crippen molar-refractivity contribution in [2.75, 3.05) is 6.61 Å². The molecule has 0 radical (unpaired) electrons. The lowest BCUT2D eigenvalue weighted by atomic mass is 9.96. The standard InChI is InChI=1S/C28H21ClN2O6S/c1-3-36-27(35)23-15(2)30-28-31(24(23)16-7-5-4-6-8-16)25(32)22(38-28)14-18-10-12-21(37-18)17-9-11-20(29)19(13-17)26(33)34/h4-14,24H,3H2,1-2H3,(H,33,34). The first kappa shape index (κ1) is 25.4. The van der Waals surface area contributed by atoms with Gasteiger partial charge in [-0.3, -0.25) is 9.36 Å². The highest BCUT2D eigenvalue weighted by atomic mass is 35.5. The molecule has 192 valence electrons. The number of aromatic carboxylic acids is 1. The lowest BCUT2D eigenvalue weighted by molar-refractivity contribution is -0.139. The second kappa shape index (κ2) is 10.3. The number of aromatic nitrogens is 1. The first-order valence-corrected chi connectivity index (χ1v) is 12.9. The fourth-order valence-electron chi connectivity index (χ4n) is 4.30. The second-order valence-corrected chi connectivity index (χ2v) is 9.83. The molecule has 1 aliphatic rings. The predicted octanol–water partition coefficient (Wildman–Crippen LogP) is 4.41. The van der Waals surface area contributed by atoms with Crippen LogP contribution in [-0.2, 0) is 9.53 Å². The van der Waals surface area contributed by atoms with Crippen LogP contribution in [0, 0.1) is 0 Å². The molecule has 2 aromatic carbocycles. The van der Waals surface area contributed by atoms with Crippen molar-refractivity contribution in [1.29, 1.82) is 0 Å². The van der Waals surface area contributed by atoms with Crippen LogP contribution in [0.3, 0.4) is 0 Å². The zero-order chi connectivity index (χ0) is 27.0. The third-order valence-corrected chi connectivity index (χ3v) is 7.33. The van der Waals surface area contributed by atoms with E-state index in [-0.39, 0.29) is 22.8 Å². The number of halogens is 1. The molecule has 1 atom stereocenters. The number of carboxylic acid groups (broad SMARTS) is 1. The molecular formula is C28H21ClN2O6S. The van der Waals surface area contributed by atoms with E-state index in [1.54, 1.807) is 38.1 Å². The summed E-state index contributed by atoms with van der Waals surface area (Å²) < 4.78 is 13.1. The van der Waals surface area contributed by atoms with Crippen molar-refractivity contribution in [3.63, 3.8) is 0 Å². The van der Waals surface area contributed by atoms with Crippen LogP contribution in [0.2, 0.25) is 5.02 Å². The number of fused-ring (bicyclic) bond motifs is 1. The summed E-state index contributed by atoms with van der Waals surface area (Å²) in [7, 11) is 0. The Morgan fingerprint density at radius 3 is 2.66 bits per heavy atom. The zero-order valence-corrected chi connectivity index (χ0v) is 21.9. The van der Waals surface area contributed by atoms with Gasteiger partial charge in [-0.05, 0) is 49.7 Å². The normalized spacial score (nSPS) is 15.2. The topological polar surface area (TPSA) is 111 Å². The Morgan fingerprint density at radius 2 is 1.95 bits per heavy atom. The SMILES string of the molecule is CCOC(=O)C1=C(C)N=c2sc(=Cc3ccc(-c4ccc(Cl)c(C(=O)O)c4)o3)c(=O)n2C1c1ccccc1. The van der Waals surface area contributed by atoms with Gasteiger partial charge in [0, 0.05) is 11.6 Å². The molecule has 10 heteroatoms. The van der Waals surface area contributed by atoms with Crippen LogP contribution >= 0.6 is 22.9 Å². The minimum Gasteiger partial charge on any atom is -0.478 e. The molecule has 0 aliphatic carbocycles. The maximum Gasteiger partial charge on any atom is 0.338 e. The van der Waals surface area contributed by atoms with Crippen molar-refractivity contribution in [3.05, 3.63) is 114 Å². The molecule has 0 amide bonds. The number of benzene rings is 2. The number of carboxylic acids is 1. The Bertz CT molecular complexity index is 1780. The van der Waals surface area contributed by atoms with Gasteiger partial charge in [0.1, 0.15) is 11.5 Å². The van der Waals surface area contributed by atoms with Crippen LogP contribution in [0.5, 0.6) is 0 Å². The Morgan fingerprint density at radius 1 is 1.18 bits per heavy atom. The number of carbonyl (C=O) groups is 2. The molecule has 0 fully saturated rings. The number of hydrogen-bond donors (Lipinski definition) is 1. The third-order valence-electron chi connectivity index (χ3n) is 6.01. The van der Waals surface area contributed by atoms with Gasteiger partial charge in [0.15, 0.2) is 4.80 Å². The van der Waals surface area contributed by atoms with E-state index in [2.05, 4.69) is 4.99 Å². The van der Waals surface area contributed by atoms with Gasteiger partial charge < -0.3 is 14.3 Å². The summed E-state index contributed by atoms with van der Waals surface area (Å²) in [6, 6.07) is 16.5. The van der Waals surface area contributed by atoms with E-state index < -0.39 is 18.0 Å². The van der Waals surface area contributed by atoms with Gasteiger partial charge in [-0.15, -0.1) is 0 Å². The second-order valence-electron chi connectivity index (χ2n) is 8.41. The lowest BCUT2D eigenvalue weighted by Gasteiger charge is -2.24. The number of esters is 1. The molecular weight excluding hydrogens is 528 g/mol. The van der Waals surface area contributed by atoms with Crippen LogP contribution in [0.1, 0.15) is 41.6 Å². The van der Waals surface area contributed by atoms with Crippen LogP contribution in [0.15, 0.2) is 86.1 Å². The molecule has 38 heavy (non-hydrogen) atoms. The van der Waals surface area contributed by atoms with Gasteiger partial charge >= 0.3 is 11.9 Å². The van der Waals surface area contributed by atoms with Gasteiger partial charge in [-0.1, -0.05) is 53.3 Å². The third kappa shape index (κ3) is 4.62. The van der Waals surface area contributed by atoms with Crippen molar-refractivity contribution < 1.29 is 23.8 Å². The Balaban J connectivity index is 1.61. The van der Waals surface area contributed by atoms with Crippen molar-refractivity contribution in [2.45, 2.75) is 19.9 Å². The molecule has 1 N–H and O–H groups in total. The van der Waals surface area contributed by atoms with E-state index in [1.165, 1.54) is 28.0 Å². The summed E-state index contributed by atoms with van der Waals surface area (Å²) >= 11 is 7.16. The number of rotatable bonds is 6. The highest BCUT2D eigenvalue weighted by Crippen LogP contribution is 2.31. The zero-order valence-electron chi connectivity index (χ0n) is 20.3. The Kier molecular flexibility index (Phi) is 6.88. The van der Waals surface area contributed by atoms with E-state index in [0.29, 0.717) is 37.7 Å². The monoisotopic (exact) mass is 548 g/mol. The molecule has 8 nitrogen and oxygen atoms in total. The Labute approximate surface area is 225 Å². The molecule has 0 bridgehead atoms. The van der Waals surface area contributed by atoms with Crippen molar-refractivity contribution >= 4 is 41.0 Å². The number of carbonyl (C=O) groups excluding carboxylic acids is 1. The van der Waals surface area contributed by atoms with E-state index in [1.807, 2.05) is 30.3 Å². The lowest BCUT2D eigenvalue weighted by Crippen LogP contribution is -2.39. The van der Waals surface area contributed by atoms with Gasteiger partial charge in [0.2, 0.25) is 0 Å². The molecule has 0 spiro atoms. The highest BCUT2D eigenvalue weighted by molar-refractivity contribution is 7.07. The molecule has 0 saturated heterocycles. The van der Waals surface area contributed by atoms with Crippen LogP contribution in [0.25, 0.3) is 17.4 Å². The van der Waals surface area contributed by atoms with Crippen molar-refractivity contribution in [2.24, 2.45) is 4.99 Å². The van der Waals surface area contributed by atoms with Crippen molar-refractivity contribution in [3.8, 4) is 11.3 Å². The average Bonchev–Trinajstić information content (AvgIpc) is 3.48. The van der Waals surface area contributed by atoms with E-state index in [4.69, 9.17) is 20.8 Å². The first-order valence-electron chi connectivity index (χ1n) is 11.7. The highest BCUT2D eigenvalue weighted by Gasteiger charge is 2.33. The quantitative estimate of drug-likeness (QED) is 0.357. The fourth-order valence-corrected chi connectivity index (χ4v) is 5.52. The summed E-state index contributed by atoms with van der Waals surface area (Å²) in [5.41, 5.74) is 1.73. The predicted molar refractivity (Wildman–Crippen MR) is 143 cm³/mol. The molecule has 4 aromatic rings. The number of nitrogens with zero attached hydrogens (tertiary/aromatic N) is 2. The van der Waals surface area contributed by atoms with E-state index in [9.17, 15) is 19.5 Å². The number of ether oxygens (including phenoxy) is 1. The molecule has 2 aromatic heterocycles. The summed E-state index contributed by atoms with van der Waals surface area (Å²) in [5, 5.41) is 9.48. The maximum atomic E-state index is 13.7. The molecule has 1 unspecified atom stereocenters. The molecule has 5 rings (SSSR count). The minimum absolute atomic E-state index is 0.0379. The molecule has 1 aliphatic heterocycles. The maximum absolute atomic E-state index is 13.7. The smallest absolute Gasteiger partial charge is 0.338 e. The average molecular weight is 549 g/mol. The summed E-state index contributed by atoms with van der Waals surface area (Å²) in [4.78, 5) is 43.0. The Hall–Kier alpha value is -4.21. The van der Waals surface area contributed by atoms with E-state index >= 15 is 0 Å². The van der Waals surface area contributed by atoms with Crippen LogP contribution < -0.4 is 14.9 Å². The number of furan rings is 1. The molecule has 0 saturated carbocycles. The van der Waals surface area contributed by atoms with Crippen LogP contribution in [-0.4, -0.2) is 28.2 Å². The van der Waals surface area contributed by atoms with Gasteiger partial charge in [-0.25, -0.2) is 14.6 Å². The first-order chi connectivity index (χ1) is 18.3. The summed E-state index contributed by atoms with van der Waals surface area (Å²) in [6.45, 7) is 3.66. The van der Waals surface area contributed by atoms with Gasteiger partial charge in [-0.2, -0.15) is 0 Å².